The van der Waals surface area contributed by atoms with Gasteiger partial charge in [0.15, 0.2) is 0 Å². The molecule has 0 spiro atoms. The first-order valence-corrected chi connectivity index (χ1v) is 11.1. The SMILES string of the molecule is C[C@@H](NC(=O)c1ccccc1)[C@@H](c1cccs1)N1CCN(c2ccc(F)cc2)CC1. The fourth-order valence-electron chi connectivity index (χ4n) is 4.07. The van der Waals surface area contributed by atoms with Crippen LogP contribution in [0.25, 0.3) is 0 Å². The zero-order valence-corrected chi connectivity index (χ0v) is 17.8. The van der Waals surface area contributed by atoms with Gasteiger partial charge in [0.05, 0.1) is 6.04 Å². The molecule has 1 fully saturated rings. The molecule has 0 bridgehead atoms. The molecule has 1 aliphatic heterocycles. The van der Waals surface area contributed by atoms with Crippen molar-refractivity contribution in [2.45, 2.75) is 19.0 Å². The van der Waals surface area contributed by atoms with E-state index in [0.717, 1.165) is 31.9 Å². The van der Waals surface area contributed by atoms with Gasteiger partial charge in [-0.1, -0.05) is 24.3 Å². The highest BCUT2D eigenvalue weighted by Gasteiger charge is 2.31. The molecule has 2 atom stereocenters. The van der Waals surface area contributed by atoms with E-state index in [4.69, 9.17) is 0 Å². The summed E-state index contributed by atoms with van der Waals surface area (Å²) in [6.45, 7) is 5.58. The van der Waals surface area contributed by atoms with Crippen molar-refractivity contribution in [2.24, 2.45) is 0 Å². The van der Waals surface area contributed by atoms with Crippen molar-refractivity contribution in [3.8, 4) is 0 Å². The van der Waals surface area contributed by atoms with E-state index < -0.39 is 0 Å². The molecular weight excluding hydrogens is 397 g/mol. The lowest BCUT2D eigenvalue weighted by Gasteiger charge is -2.42. The van der Waals surface area contributed by atoms with Crippen LogP contribution in [0.2, 0.25) is 0 Å². The Hall–Kier alpha value is -2.70. The average molecular weight is 424 g/mol. The Morgan fingerprint density at radius 2 is 1.67 bits per heavy atom. The highest BCUT2D eigenvalue weighted by atomic mass is 32.1. The fourth-order valence-corrected chi connectivity index (χ4v) is 5.03. The topological polar surface area (TPSA) is 35.6 Å². The Morgan fingerprint density at radius 1 is 0.967 bits per heavy atom. The number of hydrogen-bond donors (Lipinski definition) is 1. The van der Waals surface area contributed by atoms with Crippen LogP contribution in [0.5, 0.6) is 0 Å². The van der Waals surface area contributed by atoms with E-state index in [1.807, 2.05) is 42.5 Å². The van der Waals surface area contributed by atoms with E-state index in [9.17, 15) is 9.18 Å². The number of nitrogens with zero attached hydrogens (tertiary/aromatic N) is 2. The van der Waals surface area contributed by atoms with Crippen molar-refractivity contribution in [1.29, 1.82) is 0 Å². The largest absolute Gasteiger partial charge is 0.369 e. The number of thiophene rings is 1. The number of hydrogen-bond acceptors (Lipinski definition) is 4. The predicted octanol–water partition coefficient (Wildman–Crippen LogP) is 4.57. The molecule has 156 valence electrons. The number of rotatable bonds is 6. The van der Waals surface area contributed by atoms with Gasteiger partial charge < -0.3 is 10.2 Å². The minimum atomic E-state index is -0.210. The maximum Gasteiger partial charge on any atom is 0.251 e. The number of halogens is 1. The van der Waals surface area contributed by atoms with Gasteiger partial charge in [-0.2, -0.15) is 0 Å². The number of amides is 1. The standard InChI is InChI=1S/C24H26FN3OS/c1-18(26-24(29)19-6-3-2-4-7-19)23(22-8-5-17-30-22)28-15-13-27(14-16-28)21-11-9-20(25)10-12-21/h2-12,17-18,23H,13-16H2,1H3,(H,26,29)/t18-,23+/m1/s1. The van der Waals surface area contributed by atoms with Crippen molar-refractivity contribution in [2.75, 3.05) is 31.1 Å². The van der Waals surface area contributed by atoms with Crippen LogP contribution in [0.3, 0.4) is 0 Å². The number of nitrogens with one attached hydrogen (secondary N) is 1. The molecule has 0 unspecified atom stereocenters. The minimum absolute atomic E-state index is 0.0336. The summed E-state index contributed by atoms with van der Waals surface area (Å²) >= 11 is 1.73. The molecule has 0 saturated carbocycles. The molecule has 3 aromatic rings. The van der Waals surface area contributed by atoms with Crippen LogP contribution < -0.4 is 10.2 Å². The van der Waals surface area contributed by atoms with Gasteiger partial charge in [-0.25, -0.2) is 4.39 Å². The third-order valence-corrected chi connectivity index (χ3v) is 6.55. The second-order valence-electron chi connectivity index (χ2n) is 7.59. The average Bonchev–Trinajstić information content (AvgIpc) is 3.30. The van der Waals surface area contributed by atoms with E-state index in [1.54, 1.807) is 11.3 Å². The highest BCUT2D eigenvalue weighted by Crippen LogP contribution is 2.30. The third-order valence-electron chi connectivity index (χ3n) is 5.60. The van der Waals surface area contributed by atoms with E-state index in [1.165, 1.54) is 17.0 Å². The Balaban J connectivity index is 1.45. The summed E-state index contributed by atoms with van der Waals surface area (Å²) in [6.07, 6.45) is 0. The third kappa shape index (κ3) is 4.71. The summed E-state index contributed by atoms with van der Waals surface area (Å²) in [7, 11) is 0. The van der Waals surface area contributed by atoms with E-state index in [-0.39, 0.29) is 23.8 Å². The van der Waals surface area contributed by atoms with Crippen LogP contribution >= 0.6 is 11.3 Å². The summed E-state index contributed by atoms with van der Waals surface area (Å²) in [5.41, 5.74) is 1.73. The number of anilines is 1. The van der Waals surface area contributed by atoms with Crippen molar-refractivity contribution < 1.29 is 9.18 Å². The molecular formula is C24H26FN3OS. The number of benzene rings is 2. The molecule has 2 aromatic carbocycles. The molecule has 0 aliphatic carbocycles. The minimum Gasteiger partial charge on any atom is -0.369 e. The Kier molecular flexibility index (Phi) is 6.45. The monoisotopic (exact) mass is 423 g/mol. The van der Waals surface area contributed by atoms with Crippen molar-refractivity contribution in [3.05, 3.63) is 88.4 Å². The molecule has 2 heterocycles. The lowest BCUT2D eigenvalue weighted by molar-refractivity contribution is 0.0890. The summed E-state index contributed by atoms with van der Waals surface area (Å²) in [5, 5.41) is 5.29. The second kappa shape index (κ2) is 9.41. The predicted molar refractivity (Wildman–Crippen MR) is 121 cm³/mol. The van der Waals surface area contributed by atoms with Crippen LogP contribution in [-0.4, -0.2) is 43.0 Å². The van der Waals surface area contributed by atoms with Gasteiger partial charge >= 0.3 is 0 Å². The van der Waals surface area contributed by atoms with Gasteiger partial charge in [0.2, 0.25) is 0 Å². The van der Waals surface area contributed by atoms with E-state index >= 15 is 0 Å². The normalized spacial score (nSPS) is 16.8. The van der Waals surface area contributed by atoms with Crippen LogP contribution in [0, 0.1) is 5.82 Å². The van der Waals surface area contributed by atoms with Crippen molar-refractivity contribution >= 4 is 22.9 Å². The molecule has 6 heteroatoms. The molecule has 1 N–H and O–H groups in total. The summed E-state index contributed by atoms with van der Waals surface area (Å²) < 4.78 is 13.2. The zero-order valence-electron chi connectivity index (χ0n) is 17.0. The van der Waals surface area contributed by atoms with E-state index in [2.05, 4.69) is 39.6 Å². The molecule has 1 aromatic heterocycles. The molecule has 4 rings (SSSR count). The molecule has 1 aliphatic rings. The number of carbonyl (C=O) groups excluding carboxylic acids is 1. The first-order chi connectivity index (χ1) is 14.6. The van der Waals surface area contributed by atoms with Crippen LogP contribution in [0.4, 0.5) is 10.1 Å². The summed E-state index contributed by atoms with van der Waals surface area (Å²) in [5.74, 6) is -0.257. The smallest absolute Gasteiger partial charge is 0.251 e. The molecule has 1 amide bonds. The lowest BCUT2D eigenvalue weighted by Crippen LogP contribution is -2.52. The first kappa shape index (κ1) is 20.6. The molecule has 0 radical (unpaired) electrons. The number of carbonyl (C=O) groups is 1. The summed E-state index contributed by atoms with van der Waals surface area (Å²) in [4.78, 5) is 18.7. The Labute approximate surface area is 180 Å². The number of piperazine rings is 1. The Morgan fingerprint density at radius 3 is 2.30 bits per heavy atom. The molecule has 30 heavy (non-hydrogen) atoms. The van der Waals surface area contributed by atoms with E-state index in [0.29, 0.717) is 5.56 Å². The van der Waals surface area contributed by atoms with Gasteiger partial charge in [0.25, 0.3) is 5.91 Å². The van der Waals surface area contributed by atoms with Gasteiger partial charge in [0, 0.05) is 48.3 Å². The van der Waals surface area contributed by atoms with Crippen molar-refractivity contribution in [3.63, 3.8) is 0 Å². The van der Waals surface area contributed by atoms with Gasteiger partial charge in [-0.3, -0.25) is 9.69 Å². The lowest BCUT2D eigenvalue weighted by atomic mass is 10.0. The van der Waals surface area contributed by atoms with Crippen LogP contribution in [-0.2, 0) is 0 Å². The van der Waals surface area contributed by atoms with Crippen LogP contribution in [0.15, 0.2) is 72.1 Å². The zero-order chi connectivity index (χ0) is 20.9. The maximum absolute atomic E-state index is 13.2. The van der Waals surface area contributed by atoms with Gasteiger partial charge in [0.1, 0.15) is 5.82 Å². The molecule has 1 saturated heterocycles. The molecule has 4 nitrogen and oxygen atoms in total. The second-order valence-corrected chi connectivity index (χ2v) is 8.57. The summed E-state index contributed by atoms with van der Waals surface area (Å²) in [6, 6.07) is 20.3. The highest BCUT2D eigenvalue weighted by molar-refractivity contribution is 7.10. The fraction of sp³-hybridized carbons (Fsp3) is 0.292. The van der Waals surface area contributed by atoms with Gasteiger partial charge in [-0.05, 0) is 54.8 Å². The van der Waals surface area contributed by atoms with Crippen LogP contribution in [0.1, 0.15) is 28.2 Å². The first-order valence-electron chi connectivity index (χ1n) is 10.3. The quantitative estimate of drug-likeness (QED) is 0.631. The Bertz CT molecular complexity index is 938. The maximum atomic E-state index is 13.2. The van der Waals surface area contributed by atoms with Crippen molar-refractivity contribution in [1.82, 2.24) is 10.2 Å². The van der Waals surface area contributed by atoms with Gasteiger partial charge in [-0.15, -0.1) is 11.3 Å².